The summed E-state index contributed by atoms with van der Waals surface area (Å²) in [6, 6.07) is 19.3. The SMILES string of the molecule is CCn1c(O)c(/C=C/C(=C2/C=C(Cl)C(c3ccccc3)=N2)c2cc(Cl)c(-c3ccccc3)n2B(F)F)c(=O)n(CC)c1=S. The summed E-state index contributed by atoms with van der Waals surface area (Å²) in [6.45, 7) is 4.14. The Labute approximate surface area is 262 Å². The van der Waals surface area contributed by atoms with Gasteiger partial charge in [0.2, 0.25) is 5.88 Å². The van der Waals surface area contributed by atoms with Gasteiger partial charge < -0.3 is 9.58 Å². The quantitative estimate of drug-likeness (QED) is 0.157. The van der Waals surface area contributed by atoms with Crippen molar-refractivity contribution in [2.24, 2.45) is 4.99 Å². The van der Waals surface area contributed by atoms with Crippen LogP contribution in [0.4, 0.5) is 8.63 Å². The number of hydrogen-bond donors (Lipinski definition) is 1. The molecule has 0 bridgehead atoms. The van der Waals surface area contributed by atoms with Crippen LogP contribution in [0.1, 0.15) is 30.7 Å². The van der Waals surface area contributed by atoms with Crippen molar-refractivity contribution in [3.8, 4) is 17.1 Å². The van der Waals surface area contributed by atoms with Gasteiger partial charge in [-0.15, -0.1) is 0 Å². The lowest BCUT2D eigenvalue weighted by Gasteiger charge is -2.15. The normalized spacial score (nSPS) is 14.3. The first-order valence-electron chi connectivity index (χ1n) is 13.4. The maximum Gasteiger partial charge on any atom is 0.678 e. The average molecular weight is 637 g/mol. The molecule has 2 aromatic heterocycles. The van der Waals surface area contributed by atoms with Crippen molar-refractivity contribution in [1.82, 2.24) is 13.6 Å². The molecule has 0 saturated heterocycles. The lowest BCUT2D eigenvalue weighted by Crippen LogP contribution is -2.26. The number of rotatable bonds is 8. The summed E-state index contributed by atoms with van der Waals surface area (Å²) in [4.78, 5) is 18.1. The molecular weight excluding hydrogens is 612 g/mol. The number of allylic oxidation sites excluding steroid dienone is 4. The highest BCUT2D eigenvalue weighted by molar-refractivity contribution is 7.71. The summed E-state index contributed by atoms with van der Waals surface area (Å²) in [7, 11) is -2.98. The van der Waals surface area contributed by atoms with Gasteiger partial charge in [-0.3, -0.25) is 22.6 Å². The Morgan fingerprint density at radius 3 is 2.19 bits per heavy atom. The predicted octanol–water partition coefficient (Wildman–Crippen LogP) is 8.07. The molecule has 2 aromatic carbocycles. The van der Waals surface area contributed by atoms with Crippen LogP contribution in [-0.4, -0.2) is 31.8 Å². The van der Waals surface area contributed by atoms with E-state index in [0.717, 1.165) is 10.0 Å². The Morgan fingerprint density at radius 2 is 1.60 bits per heavy atom. The van der Waals surface area contributed by atoms with Crippen LogP contribution in [0.2, 0.25) is 5.02 Å². The number of halogens is 4. The molecule has 3 heterocycles. The third kappa shape index (κ3) is 5.70. The second-order valence-corrected chi connectivity index (χ2v) is 10.7. The number of aromatic nitrogens is 3. The molecular formula is C31H25BCl2F2N4O2S. The van der Waals surface area contributed by atoms with Gasteiger partial charge >= 0.3 is 7.40 Å². The second kappa shape index (κ2) is 12.7. The van der Waals surface area contributed by atoms with Crippen molar-refractivity contribution < 1.29 is 13.7 Å². The summed E-state index contributed by atoms with van der Waals surface area (Å²) in [5.74, 6) is -0.330. The van der Waals surface area contributed by atoms with E-state index in [2.05, 4.69) is 0 Å². The predicted molar refractivity (Wildman–Crippen MR) is 174 cm³/mol. The molecule has 0 unspecified atom stereocenters. The van der Waals surface area contributed by atoms with E-state index >= 15 is 0 Å². The molecule has 43 heavy (non-hydrogen) atoms. The van der Waals surface area contributed by atoms with E-state index in [9.17, 15) is 18.5 Å². The van der Waals surface area contributed by atoms with Crippen LogP contribution < -0.4 is 5.56 Å². The highest BCUT2D eigenvalue weighted by Crippen LogP contribution is 2.39. The summed E-state index contributed by atoms with van der Waals surface area (Å²) >= 11 is 18.6. The zero-order chi connectivity index (χ0) is 30.8. The first-order chi connectivity index (χ1) is 20.7. The van der Waals surface area contributed by atoms with Crippen LogP contribution in [0.5, 0.6) is 5.88 Å². The van der Waals surface area contributed by atoms with Gasteiger partial charge in [-0.2, -0.15) is 0 Å². The molecule has 0 atom stereocenters. The van der Waals surface area contributed by atoms with Gasteiger partial charge in [-0.25, -0.2) is 4.99 Å². The molecule has 0 spiro atoms. The second-order valence-electron chi connectivity index (χ2n) is 9.50. The number of nitrogens with zero attached hydrogens (tertiary/aromatic N) is 4. The summed E-state index contributed by atoms with van der Waals surface area (Å²) in [5, 5.41) is 11.4. The lowest BCUT2D eigenvalue weighted by molar-refractivity contribution is 0.399. The fourth-order valence-corrected chi connectivity index (χ4v) is 5.98. The fraction of sp³-hybridized carbons (Fsp3) is 0.129. The molecule has 1 N–H and O–H groups in total. The topological polar surface area (TPSA) is 64.4 Å². The molecule has 4 aromatic rings. The van der Waals surface area contributed by atoms with Crippen LogP contribution in [0.15, 0.2) is 99.4 Å². The van der Waals surface area contributed by atoms with Gasteiger partial charge in [-0.1, -0.05) is 83.9 Å². The molecule has 0 fully saturated rings. The van der Waals surface area contributed by atoms with Crippen LogP contribution >= 0.6 is 35.4 Å². The summed E-state index contributed by atoms with van der Waals surface area (Å²) in [5.41, 5.74) is 1.77. The molecule has 1 aliphatic heterocycles. The van der Waals surface area contributed by atoms with Gasteiger partial charge in [0.1, 0.15) is 5.56 Å². The fourth-order valence-electron chi connectivity index (χ4n) is 5.00. The van der Waals surface area contributed by atoms with E-state index in [-0.39, 0.29) is 50.4 Å². The molecule has 0 saturated carbocycles. The van der Waals surface area contributed by atoms with E-state index in [1.165, 1.54) is 27.4 Å². The van der Waals surface area contributed by atoms with Gasteiger partial charge in [0.25, 0.3) is 5.56 Å². The molecule has 6 nitrogen and oxygen atoms in total. The maximum atomic E-state index is 14.9. The maximum absolute atomic E-state index is 14.9. The van der Waals surface area contributed by atoms with Gasteiger partial charge in [0, 0.05) is 29.9 Å². The molecule has 5 rings (SSSR count). The Bertz CT molecular complexity index is 1950. The highest BCUT2D eigenvalue weighted by atomic mass is 35.5. The van der Waals surface area contributed by atoms with E-state index in [1.807, 2.05) is 30.3 Å². The van der Waals surface area contributed by atoms with Crippen LogP contribution in [0.25, 0.3) is 22.9 Å². The molecule has 218 valence electrons. The standard InChI is InChI=1S/C31H25BCl2F2N4O2S/c1-3-38-29(41)22(30(42)39(4-2)31(38)43)16-15-21(25-17-23(33)27(37-25)19-11-7-5-8-12-19)26-18-24(34)28(40(26)32(35)36)20-13-9-6-10-14-20/h5-18,41H,3-4H2,1-2H3/b16-15+,25-21+. The number of hydrogen-bond acceptors (Lipinski definition) is 4. The molecule has 0 radical (unpaired) electrons. The van der Waals surface area contributed by atoms with E-state index in [0.29, 0.717) is 22.9 Å². The Balaban J connectivity index is 1.81. The minimum Gasteiger partial charge on any atom is -0.494 e. The van der Waals surface area contributed by atoms with Gasteiger partial charge in [-0.05, 0) is 55.9 Å². The van der Waals surface area contributed by atoms with Crippen molar-refractivity contribution in [2.75, 3.05) is 0 Å². The third-order valence-electron chi connectivity index (χ3n) is 7.04. The Hall–Kier alpha value is -3.99. The number of benzene rings is 2. The first kappa shape index (κ1) is 30.5. The number of aliphatic imine (C=N–C) groups is 1. The molecule has 0 amide bonds. The molecule has 1 aliphatic rings. The molecule has 12 heteroatoms. The third-order valence-corrected chi connectivity index (χ3v) is 8.05. The zero-order valence-electron chi connectivity index (χ0n) is 23.1. The van der Waals surface area contributed by atoms with E-state index < -0.39 is 13.0 Å². The number of aromatic hydroxyl groups is 1. The summed E-state index contributed by atoms with van der Waals surface area (Å²) < 4.78 is 33.5. The van der Waals surface area contributed by atoms with Crippen LogP contribution in [0, 0.1) is 4.77 Å². The monoisotopic (exact) mass is 636 g/mol. The van der Waals surface area contributed by atoms with Crippen molar-refractivity contribution in [2.45, 2.75) is 26.9 Å². The largest absolute Gasteiger partial charge is 0.678 e. The van der Waals surface area contributed by atoms with Crippen molar-refractivity contribution in [3.05, 3.63) is 127 Å². The first-order valence-corrected chi connectivity index (χ1v) is 14.6. The summed E-state index contributed by atoms with van der Waals surface area (Å²) in [6.07, 6.45) is 4.42. The average Bonchev–Trinajstić information content (AvgIpc) is 3.55. The lowest BCUT2D eigenvalue weighted by atomic mass is 10.0. The van der Waals surface area contributed by atoms with E-state index in [1.54, 1.807) is 50.3 Å². The Kier molecular flexibility index (Phi) is 9.01. The highest BCUT2D eigenvalue weighted by Gasteiger charge is 2.30. The smallest absolute Gasteiger partial charge is 0.494 e. The van der Waals surface area contributed by atoms with Crippen molar-refractivity contribution >= 4 is 60.2 Å². The molecule has 0 aliphatic carbocycles. The van der Waals surface area contributed by atoms with Crippen LogP contribution in [-0.2, 0) is 13.1 Å². The Morgan fingerprint density at radius 1 is 1.00 bits per heavy atom. The van der Waals surface area contributed by atoms with Crippen LogP contribution in [0.3, 0.4) is 0 Å². The van der Waals surface area contributed by atoms with Gasteiger partial charge in [0.15, 0.2) is 4.77 Å². The zero-order valence-corrected chi connectivity index (χ0v) is 25.5. The van der Waals surface area contributed by atoms with E-state index in [4.69, 9.17) is 40.4 Å². The minimum absolute atomic E-state index is 0.0439. The van der Waals surface area contributed by atoms with Crippen molar-refractivity contribution in [3.63, 3.8) is 0 Å². The van der Waals surface area contributed by atoms with Gasteiger partial charge in [0.05, 0.1) is 27.2 Å². The van der Waals surface area contributed by atoms with Crippen molar-refractivity contribution in [1.29, 1.82) is 0 Å². The minimum atomic E-state index is -2.98.